The van der Waals surface area contributed by atoms with Gasteiger partial charge in [-0.15, -0.1) is 0 Å². The summed E-state index contributed by atoms with van der Waals surface area (Å²) in [6.45, 7) is 4.53. The Balaban J connectivity index is 2.13. The summed E-state index contributed by atoms with van der Waals surface area (Å²) in [5.41, 5.74) is 0.152. The molecular formula is C11H14ClN5O2. The summed E-state index contributed by atoms with van der Waals surface area (Å²) in [7, 11) is 0. The third kappa shape index (κ3) is 3.11. The monoisotopic (exact) mass is 283 g/mol. The highest BCUT2D eigenvalue weighted by molar-refractivity contribution is 6.32. The molecule has 1 N–H and O–H groups in total. The van der Waals surface area contributed by atoms with Gasteiger partial charge in [0.05, 0.1) is 18.4 Å². The fourth-order valence-electron chi connectivity index (χ4n) is 1.55. The van der Waals surface area contributed by atoms with Gasteiger partial charge in [-0.1, -0.05) is 23.7 Å². The first kappa shape index (κ1) is 13.5. The quantitative estimate of drug-likeness (QED) is 0.897. The molecule has 0 aliphatic rings. The number of hydrogen-bond acceptors (Lipinski definition) is 6. The third-order valence-electron chi connectivity index (χ3n) is 2.43. The Morgan fingerprint density at radius 1 is 1.53 bits per heavy atom. The number of halogens is 1. The third-order valence-corrected chi connectivity index (χ3v) is 2.79. The molecule has 0 saturated heterocycles. The Kier molecular flexibility index (Phi) is 4.16. The van der Waals surface area contributed by atoms with E-state index in [2.05, 4.69) is 20.6 Å². The number of anilines is 1. The lowest BCUT2D eigenvalue weighted by Crippen LogP contribution is -2.24. The second-order valence-electron chi connectivity index (χ2n) is 3.98. The highest BCUT2D eigenvalue weighted by Crippen LogP contribution is 2.15. The Morgan fingerprint density at radius 3 is 2.95 bits per heavy atom. The molecule has 0 radical (unpaired) electrons. The Hall–Kier alpha value is -1.89. The molecule has 0 fully saturated rings. The van der Waals surface area contributed by atoms with E-state index >= 15 is 0 Å². The predicted octanol–water partition coefficient (Wildman–Crippen LogP) is 1.61. The summed E-state index contributed by atoms with van der Waals surface area (Å²) in [6, 6.07) is 0. The molecule has 0 amide bonds. The topological polar surface area (TPSA) is 85.8 Å². The largest absolute Gasteiger partial charge is 0.375 e. The van der Waals surface area contributed by atoms with E-state index < -0.39 is 0 Å². The van der Waals surface area contributed by atoms with Gasteiger partial charge in [0.25, 0.3) is 5.56 Å². The first-order valence-corrected chi connectivity index (χ1v) is 6.28. The van der Waals surface area contributed by atoms with Crippen LogP contribution >= 0.6 is 11.6 Å². The molecule has 2 aromatic heterocycles. The van der Waals surface area contributed by atoms with Gasteiger partial charge in [0.15, 0.2) is 5.82 Å². The van der Waals surface area contributed by atoms with Crippen LogP contribution in [0.25, 0.3) is 0 Å². The number of rotatable bonds is 5. The van der Waals surface area contributed by atoms with Gasteiger partial charge in [0.2, 0.25) is 5.89 Å². The minimum absolute atomic E-state index is 0.115. The molecule has 2 aromatic rings. The molecule has 102 valence electrons. The van der Waals surface area contributed by atoms with Crippen molar-refractivity contribution < 1.29 is 4.52 Å². The minimum Gasteiger partial charge on any atom is -0.375 e. The van der Waals surface area contributed by atoms with Crippen molar-refractivity contribution in [2.45, 2.75) is 33.4 Å². The van der Waals surface area contributed by atoms with Gasteiger partial charge in [-0.2, -0.15) is 10.1 Å². The number of hydrogen-bond donors (Lipinski definition) is 1. The van der Waals surface area contributed by atoms with Crippen molar-refractivity contribution in [1.82, 2.24) is 19.9 Å². The minimum atomic E-state index is -0.308. The zero-order chi connectivity index (χ0) is 13.8. The molecule has 0 unspecified atom stereocenters. The lowest BCUT2D eigenvalue weighted by Gasteiger charge is -2.08. The second kappa shape index (κ2) is 5.83. The fraction of sp³-hybridized carbons (Fsp3) is 0.455. The fourth-order valence-corrected chi connectivity index (χ4v) is 1.76. The van der Waals surface area contributed by atoms with Gasteiger partial charge < -0.3 is 9.84 Å². The van der Waals surface area contributed by atoms with Gasteiger partial charge in [-0.05, 0) is 6.42 Å². The van der Waals surface area contributed by atoms with E-state index in [9.17, 15) is 4.79 Å². The average Bonchev–Trinajstić information content (AvgIpc) is 2.80. The average molecular weight is 284 g/mol. The van der Waals surface area contributed by atoms with Crippen LogP contribution in [-0.4, -0.2) is 19.9 Å². The van der Waals surface area contributed by atoms with Crippen molar-refractivity contribution >= 4 is 17.3 Å². The Bertz CT molecular complexity index is 622. The maximum absolute atomic E-state index is 11.9. The number of nitrogens with one attached hydrogen (secondary N) is 1. The van der Waals surface area contributed by atoms with Crippen LogP contribution in [0.3, 0.4) is 0 Å². The molecule has 0 bridgehead atoms. The summed E-state index contributed by atoms with van der Waals surface area (Å²) >= 11 is 6.01. The molecule has 0 atom stereocenters. The lowest BCUT2D eigenvalue weighted by atomic mass is 10.4. The normalized spacial score (nSPS) is 10.7. The zero-order valence-electron chi connectivity index (χ0n) is 10.7. The molecular weight excluding hydrogens is 270 g/mol. The van der Waals surface area contributed by atoms with Gasteiger partial charge in [0.1, 0.15) is 5.02 Å². The molecule has 0 saturated carbocycles. The van der Waals surface area contributed by atoms with Crippen LogP contribution in [0.5, 0.6) is 0 Å². The predicted molar refractivity (Wildman–Crippen MR) is 70.2 cm³/mol. The van der Waals surface area contributed by atoms with Crippen LogP contribution in [0.4, 0.5) is 5.69 Å². The van der Waals surface area contributed by atoms with Gasteiger partial charge >= 0.3 is 0 Å². The van der Waals surface area contributed by atoms with Crippen molar-refractivity contribution in [3.63, 3.8) is 0 Å². The van der Waals surface area contributed by atoms with Crippen molar-refractivity contribution in [2.75, 3.05) is 5.32 Å². The summed E-state index contributed by atoms with van der Waals surface area (Å²) in [5.74, 6) is 0.977. The number of aromatic nitrogens is 4. The first-order chi connectivity index (χ1) is 9.11. The highest BCUT2D eigenvalue weighted by atomic mass is 35.5. The van der Waals surface area contributed by atoms with E-state index in [1.165, 1.54) is 10.9 Å². The maximum Gasteiger partial charge on any atom is 0.287 e. The van der Waals surface area contributed by atoms with Crippen LogP contribution in [-0.2, 0) is 13.1 Å². The highest BCUT2D eigenvalue weighted by Gasteiger charge is 2.09. The van der Waals surface area contributed by atoms with Gasteiger partial charge in [-0.25, -0.2) is 4.68 Å². The SMILES string of the molecule is CCCn1ncc(NCc2noc(C)n2)c(Cl)c1=O. The maximum atomic E-state index is 11.9. The summed E-state index contributed by atoms with van der Waals surface area (Å²) in [6.07, 6.45) is 2.34. The van der Waals surface area contributed by atoms with E-state index in [0.29, 0.717) is 30.5 Å². The molecule has 2 rings (SSSR count). The lowest BCUT2D eigenvalue weighted by molar-refractivity contribution is 0.388. The molecule has 0 aromatic carbocycles. The van der Waals surface area contributed by atoms with Crippen molar-refractivity contribution in [3.8, 4) is 0 Å². The summed E-state index contributed by atoms with van der Waals surface area (Å²) in [4.78, 5) is 15.9. The Labute approximate surface area is 114 Å². The van der Waals surface area contributed by atoms with Crippen LogP contribution in [0.1, 0.15) is 25.1 Å². The molecule has 0 aliphatic heterocycles. The standard InChI is InChI=1S/C11H14ClN5O2/c1-3-4-17-11(18)10(12)8(5-14-17)13-6-9-15-7(2)19-16-9/h5,13H,3-4,6H2,1-2H3. The Morgan fingerprint density at radius 2 is 2.32 bits per heavy atom. The van der Waals surface area contributed by atoms with Crippen molar-refractivity contribution in [2.24, 2.45) is 0 Å². The van der Waals surface area contributed by atoms with E-state index in [1.54, 1.807) is 6.92 Å². The van der Waals surface area contributed by atoms with Crippen LogP contribution in [0, 0.1) is 6.92 Å². The molecule has 19 heavy (non-hydrogen) atoms. The first-order valence-electron chi connectivity index (χ1n) is 5.90. The molecule has 0 spiro atoms. The molecule has 0 aliphatic carbocycles. The molecule has 2 heterocycles. The van der Waals surface area contributed by atoms with Crippen LogP contribution < -0.4 is 10.9 Å². The van der Waals surface area contributed by atoms with E-state index in [1.807, 2.05) is 6.92 Å². The smallest absolute Gasteiger partial charge is 0.287 e. The number of aryl methyl sites for hydroxylation is 2. The van der Waals surface area contributed by atoms with Gasteiger partial charge in [-0.3, -0.25) is 4.79 Å². The molecule has 7 nitrogen and oxygen atoms in total. The summed E-state index contributed by atoms with van der Waals surface area (Å²) in [5, 5.41) is 10.8. The second-order valence-corrected chi connectivity index (χ2v) is 4.36. The van der Waals surface area contributed by atoms with Crippen LogP contribution in [0.15, 0.2) is 15.5 Å². The zero-order valence-corrected chi connectivity index (χ0v) is 11.4. The van der Waals surface area contributed by atoms with Crippen molar-refractivity contribution in [3.05, 3.63) is 33.3 Å². The summed E-state index contributed by atoms with van der Waals surface area (Å²) < 4.78 is 6.18. The van der Waals surface area contributed by atoms with E-state index in [0.717, 1.165) is 6.42 Å². The van der Waals surface area contributed by atoms with Gasteiger partial charge in [0, 0.05) is 13.5 Å². The molecule has 8 heteroatoms. The number of nitrogens with zero attached hydrogens (tertiary/aromatic N) is 4. The van der Waals surface area contributed by atoms with E-state index in [4.69, 9.17) is 16.1 Å². The van der Waals surface area contributed by atoms with E-state index in [-0.39, 0.29) is 10.6 Å². The van der Waals surface area contributed by atoms with Crippen LogP contribution in [0.2, 0.25) is 5.02 Å². The van der Waals surface area contributed by atoms with Crippen molar-refractivity contribution in [1.29, 1.82) is 0 Å².